The summed E-state index contributed by atoms with van der Waals surface area (Å²) in [5, 5.41) is 25.1. The highest BCUT2D eigenvalue weighted by Crippen LogP contribution is 2.30. The Labute approximate surface area is 179 Å². The zero-order valence-electron chi connectivity index (χ0n) is 16.8. The van der Waals surface area contributed by atoms with Crippen LogP contribution in [0.5, 0.6) is 5.75 Å². The fourth-order valence-corrected chi connectivity index (χ4v) is 3.84. The van der Waals surface area contributed by atoms with Crippen molar-refractivity contribution in [3.63, 3.8) is 0 Å². The van der Waals surface area contributed by atoms with Gasteiger partial charge in [0.15, 0.2) is 5.75 Å². The molecule has 1 aromatic carbocycles. The molecule has 0 unspecified atom stereocenters. The third-order valence-corrected chi connectivity index (χ3v) is 5.45. The Balaban J connectivity index is 1.45. The molecule has 158 valence electrons. The number of carboxylic acid groups (broad SMARTS) is 1. The van der Waals surface area contributed by atoms with E-state index in [0.717, 1.165) is 31.2 Å². The molecular formula is C22H22N6O3. The molecule has 0 spiro atoms. The lowest BCUT2D eigenvalue weighted by atomic mass is 9.86. The smallest absolute Gasteiger partial charge is 0.404 e. The molecule has 9 nitrogen and oxygen atoms in total. The van der Waals surface area contributed by atoms with Crippen molar-refractivity contribution in [2.24, 2.45) is 5.92 Å². The molecule has 1 aliphatic carbocycles. The van der Waals surface area contributed by atoms with Gasteiger partial charge in [0.05, 0.1) is 30.3 Å². The van der Waals surface area contributed by atoms with Crippen molar-refractivity contribution in [2.45, 2.75) is 31.7 Å². The maximum Gasteiger partial charge on any atom is 0.404 e. The summed E-state index contributed by atoms with van der Waals surface area (Å²) in [4.78, 5) is 19.3. The molecule has 1 fully saturated rings. The van der Waals surface area contributed by atoms with Gasteiger partial charge in [-0.3, -0.25) is 0 Å². The first-order valence-corrected chi connectivity index (χ1v) is 10.1. The van der Waals surface area contributed by atoms with Crippen molar-refractivity contribution in [2.75, 3.05) is 6.61 Å². The van der Waals surface area contributed by atoms with Crippen LogP contribution in [0.15, 0.2) is 49.2 Å². The van der Waals surface area contributed by atoms with Crippen LogP contribution in [0.4, 0.5) is 4.79 Å². The number of nitriles is 1. The summed E-state index contributed by atoms with van der Waals surface area (Å²) in [5.74, 6) is 0.923. The number of nitrogens with zero attached hydrogens (tertiary/aromatic N) is 5. The van der Waals surface area contributed by atoms with Gasteiger partial charge in [-0.1, -0.05) is 12.1 Å². The number of ether oxygens (including phenoxy) is 1. The summed E-state index contributed by atoms with van der Waals surface area (Å²) >= 11 is 0. The molecule has 0 atom stereocenters. The van der Waals surface area contributed by atoms with Crippen molar-refractivity contribution in [3.05, 3.63) is 54.7 Å². The van der Waals surface area contributed by atoms with Gasteiger partial charge in [-0.25, -0.2) is 19.4 Å². The Kier molecular flexibility index (Phi) is 6.08. The minimum Gasteiger partial charge on any atom is -0.489 e. The molecule has 2 N–H and O–H groups in total. The number of hydrogen-bond acceptors (Lipinski definition) is 6. The zero-order valence-corrected chi connectivity index (χ0v) is 16.8. The molecule has 1 aliphatic rings. The predicted molar refractivity (Wildman–Crippen MR) is 112 cm³/mol. The Hall–Kier alpha value is -3.93. The quantitative estimate of drug-likeness (QED) is 0.628. The average molecular weight is 418 g/mol. The van der Waals surface area contributed by atoms with Crippen molar-refractivity contribution in [3.8, 4) is 28.8 Å². The van der Waals surface area contributed by atoms with E-state index < -0.39 is 6.09 Å². The lowest BCUT2D eigenvalue weighted by Crippen LogP contribution is -2.37. The Morgan fingerprint density at radius 3 is 2.84 bits per heavy atom. The van der Waals surface area contributed by atoms with Crippen molar-refractivity contribution < 1.29 is 14.6 Å². The molecular weight excluding hydrogens is 396 g/mol. The van der Waals surface area contributed by atoms with Gasteiger partial charge in [-0.05, 0) is 43.7 Å². The van der Waals surface area contributed by atoms with Crippen LogP contribution in [0, 0.1) is 17.2 Å². The minimum absolute atomic E-state index is 0.0199. The van der Waals surface area contributed by atoms with Gasteiger partial charge in [0.1, 0.15) is 18.1 Å². The van der Waals surface area contributed by atoms with Gasteiger partial charge in [-0.2, -0.15) is 10.4 Å². The van der Waals surface area contributed by atoms with Gasteiger partial charge in [0.25, 0.3) is 0 Å². The van der Waals surface area contributed by atoms with E-state index >= 15 is 0 Å². The van der Waals surface area contributed by atoms with E-state index in [1.165, 1.54) is 6.33 Å². The van der Waals surface area contributed by atoms with Crippen LogP contribution >= 0.6 is 0 Å². The number of carbonyl (C=O) groups is 1. The summed E-state index contributed by atoms with van der Waals surface area (Å²) in [6.07, 6.45) is 9.05. The summed E-state index contributed by atoms with van der Waals surface area (Å²) in [6.45, 7) is 0.519. The first kappa shape index (κ1) is 20.3. The second kappa shape index (κ2) is 9.26. The second-order valence-electron chi connectivity index (χ2n) is 7.52. The maximum atomic E-state index is 10.8. The molecule has 31 heavy (non-hydrogen) atoms. The minimum atomic E-state index is -0.969. The normalized spacial score (nSPS) is 18.2. The van der Waals surface area contributed by atoms with Crippen molar-refractivity contribution in [1.29, 1.82) is 5.26 Å². The van der Waals surface area contributed by atoms with Gasteiger partial charge >= 0.3 is 6.09 Å². The van der Waals surface area contributed by atoms with Gasteiger partial charge in [-0.15, -0.1) is 0 Å². The molecule has 0 aliphatic heterocycles. The fourth-order valence-electron chi connectivity index (χ4n) is 3.84. The maximum absolute atomic E-state index is 10.8. The number of aromatic nitrogens is 4. The van der Waals surface area contributed by atoms with E-state index in [1.54, 1.807) is 23.1 Å². The third-order valence-electron chi connectivity index (χ3n) is 5.45. The SMILES string of the molecule is N#Cc1ccccc1-n1cc(-c2ncncc2OCC2CCC(NC(=O)O)CC2)cn1. The fraction of sp³-hybridized carbons (Fsp3) is 0.318. The van der Waals surface area contributed by atoms with E-state index in [1.807, 2.05) is 24.4 Å². The lowest BCUT2D eigenvalue weighted by Gasteiger charge is -2.28. The van der Waals surface area contributed by atoms with Crippen LogP contribution in [-0.2, 0) is 0 Å². The Bertz CT molecular complexity index is 1100. The van der Waals surface area contributed by atoms with Crippen molar-refractivity contribution >= 4 is 6.09 Å². The molecule has 1 saturated carbocycles. The standard InChI is InChI=1S/C22H22N6O3/c23-9-16-3-1-2-4-19(16)28-12-17(10-26-28)21-20(11-24-14-25-21)31-13-15-5-7-18(8-6-15)27-22(29)30/h1-4,10-12,14-15,18,27H,5-8,13H2,(H,29,30). The Morgan fingerprint density at radius 1 is 1.26 bits per heavy atom. The first-order valence-electron chi connectivity index (χ1n) is 10.1. The van der Waals surface area contributed by atoms with Crippen LogP contribution in [0.2, 0.25) is 0 Å². The molecule has 2 heterocycles. The highest BCUT2D eigenvalue weighted by atomic mass is 16.5. The first-order chi connectivity index (χ1) is 15.1. The topological polar surface area (TPSA) is 126 Å². The van der Waals surface area contributed by atoms with E-state index in [9.17, 15) is 10.1 Å². The van der Waals surface area contributed by atoms with Gasteiger partial charge in [0.2, 0.25) is 0 Å². The second-order valence-corrected chi connectivity index (χ2v) is 7.52. The number of benzene rings is 1. The number of rotatable bonds is 6. The monoisotopic (exact) mass is 418 g/mol. The molecule has 9 heteroatoms. The molecule has 2 aromatic heterocycles. The van der Waals surface area contributed by atoms with Gasteiger partial charge < -0.3 is 15.2 Å². The van der Waals surface area contributed by atoms with Crippen LogP contribution in [0.1, 0.15) is 31.2 Å². The van der Waals surface area contributed by atoms with E-state index in [0.29, 0.717) is 35.2 Å². The molecule has 0 radical (unpaired) electrons. The van der Waals surface area contributed by atoms with Crippen LogP contribution in [0.3, 0.4) is 0 Å². The van der Waals surface area contributed by atoms with Crippen LogP contribution in [-0.4, -0.2) is 43.6 Å². The zero-order chi connectivity index (χ0) is 21.6. The molecule has 3 aromatic rings. The van der Waals surface area contributed by atoms with E-state index in [2.05, 4.69) is 26.5 Å². The Morgan fingerprint density at radius 2 is 2.06 bits per heavy atom. The summed E-state index contributed by atoms with van der Waals surface area (Å²) in [6, 6.07) is 9.45. The van der Waals surface area contributed by atoms with Gasteiger partial charge in [0, 0.05) is 17.8 Å². The highest BCUT2D eigenvalue weighted by Gasteiger charge is 2.23. The van der Waals surface area contributed by atoms with Crippen LogP contribution in [0.25, 0.3) is 16.9 Å². The highest BCUT2D eigenvalue weighted by molar-refractivity contribution is 5.65. The summed E-state index contributed by atoms with van der Waals surface area (Å²) < 4.78 is 7.71. The third kappa shape index (κ3) is 4.80. The lowest BCUT2D eigenvalue weighted by molar-refractivity contribution is 0.169. The van der Waals surface area contributed by atoms with Crippen molar-refractivity contribution in [1.82, 2.24) is 25.1 Å². The summed E-state index contributed by atoms with van der Waals surface area (Å²) in [5.41, 5.74) is 2.63. The number of para-hydroxylation sites is 1. The molecule has 1 amide bonds. The number of nitrogens with one attached hydrogen (secondary N) is 1. The molecule has 4 rings (SSSR count). The number of hydrogen-bond donors (Lipinski definition) is 2. The summed E-state index contributed by atoms with van der Waals surface area (Å²) in [7, 11) is 0. The number of amides is 1. The largest absolute Gasteiger partial charge is 0.489 e. The van der Waals surface area contributed by atoms with Crippen LogP contribution < -0.4 is 10.1 Å². The predicted octanol–water partition coefficient (Wildman–Crippen LogP) is 3.41. The molecule has 0 bridgehead atoms. The average Bonchev–Trinajstić information content (AvgIpc) is 3.28. The molecule has 0 saturated heterocycles. The van der Waals surface area contributed by atoms with E-state index in [-0.39, 0.29) is 6.04 Å². The van der Waals surface area contributed by atoms with E-state index in [4.69, 9.17) is 9.84 Å².